The van der Waals surface area contributed by atoms with E-state index in [1.807, 2.05) is 35.8 Å². The predicted molar refractivity (Wildman–Crippen MR) is 102 cm³/mol. The zero-order chi connectivity index (χ0) is 18.0. The van der Waals surface area contributed by atoms with Crippen LogP contribution in [0.1, 0.15) is 35.5 Å². The number of carboxylic acid groups (broad SMARTS) is 1. The Kier molecular flexibility index (Phi) is 5.25. The summed E-state index contributed by atoms with van der Waals surface area (Å²) in [5.41, 5.74) is 3.06. The smallest absolute Gasteiger partial charge is 0.353 e. The van der Waals surface area contributed by atoms with Crippen molar-refractivity contribution in [3.8, 4) is 10.6 Å². The molecule has 3 aromatic rings. The Balaban J connectivity index is 2.11. The number of nitrogens with zero attached hydrogens (tertiary/aromatic N) is 2. The molecule has 0 atom stereocenters. The molecule has 0 spiro atoms. The Morgan fingerprint density at radius 3 is 2.60 bits per heavy atom. The highest BCUT2D eigenvalue weighted by Crippen LogP contribution is 2.33. The number of hydrogen-bond donors (Lipinski definition) is 1. The van der Waals surface area contributed by atoms with E-state index in [-0.39, 0.29) is 0 Å². The molecule has 0 aliphatic carbocycles. The number of aromatic carboxylic acids is 1. The number of benzene rings is 1. The highest BCUT2D eigenvalue weighted by atomic mass is 35.5. The van der Waals surface area contributed by atoms with Crippen LogP contribution in [-0.4, -0.2) is 20.6 Å². The fourth-order valence-electron chi connectivity index (χ4n) is 2.93. The van der Waals surface area contributed by atoms with E-state index in [4.69, 9.17) is 11.6 Å². The lowest BCUT2D eigenvalue weighted by atomic mass is 10.0. The van der Waals surface area contributed by atoms with Crippen LogP contribution in [0.2, 0.25) is 5.02 Å². The largest absolute Gasteiger partial charge is 0.477 e. The van der Waals surface area contributed by atoms with Gasteiger partial charge < -0.3 is 9.67 Å². The summed E-state index contributed by atoms with van der Waals surface area (Å²) in [7, 11) is 0. The van der Waals surface area contributed by atoms with Crippen molar-refractivity contribution < 1.29 is 9.90 Å². The Morgan fingerprint density at radius 2 is 2.04 bits per heavy atom. The van der Waals surface area contributed by atoms with Gasteiger partial charge in [0.25, 0.3) is 0 Å². The molecule has 3 rings (SSSR count). The van der Waals surface area contributed by atoms with Gasteiger partial charge in [-0.15, -0.1) is 11.3 Å². The first-order valence-electron chi connectivity index (χ1n) is 8.05. The van der Waals surface area contributed by atoms with E-state index >= 15 is 0 Å². The predicted octanol–water partition coefficient (Wildman–Crippen LogP) is 5.21. The van der Waals surface area contributed by atoms with Gasteiger partial charge in [0.1, 0.15) is 10.7 Å². The highest BCUT2D eigenvalue weighted by Gasteiger charge is 2.24. The van der Waals surface area contributed by atoms with Gasteiger partial charge in [0, 0.05) is 34.9 Å². The lowest BCUT2D eigenvalue weighted by molar-refractivity contribution is 0.0686. The second kappa shape index (κ2) is 7.42. The molecule has 2 aromatic heterocycles. The molecule has 0 bridgehead atoms. The van der Waals surface area contributed by atoms with Crippen molar-refractivity contribution in [3.05, 3.63) is 63.9 Å². The van der Waals surface area contributed by atoms with Crippen LogP contribution >= 0.6 is 22.9 Å². The quantitative estimate of drug-likeness (QED) is 0.644. The Bertz CT molecular complexity index is 868. The van der Waals surface area contributed by atoms with Crippen molar-refractivity contribution in [1.29, 1.82) is 0 Å². The highest BCUT2D eigenvalue weighted by molar-refractivity contribution is 7.13. The van der Waals surface area contributed by atoms with Gasteiger partial charge in [0.05, 0.1) is 0 Å². The number of aromatic nitrogens is 2. The third-order valence-corrected chi connectivity index (χ3v) is 4.94. The van der Waals surface area contributed by atoms with Crippen LogP contribution in [0.5, 0.6) is 0 Å². The van der Waals surface area contributed by atoms with Gasteiger partial charge in [-0.05, 0) is 35.6 Å². The topological polar surface area (TPSA) is 55.1 Å². The Labute approximate surface area is 155 Å². The van der Waals surface area contributed by atoms with Crippen molar-refractivity contribution >= 4 is 28.9 Å². The van der Waals surface area contributed by atoms with E-state index < -0.39 is 5.97 Å². The number of hydrogen-bond acceptors (Lipinski definition) is 3. The lowest BCUT2D eigenvalue weighted by Gasteiger charge is -2.08. The first-order chi connectivity index (χ1) is 12.0. The van der Waals surface area contributed by atoms with E-state index in [1.165, 1.54) is 11.3 Å². The molecule has 0 saturated heterocycles. The van der Waals surface area contributed by atoms with E-state index in [0.717, 1.165) is 28.1 Å². The lowest BCUT2D eigenvalue weighted by Crippen LogP contribution is -2.09. The van der Waals surface area contributed by atoms with Crippen molar-refractivity contribution in [1.82, 2.24) is 9.55 Å². The molecular formula is C19H19ClN2O2S. The summed E-state index contributed by atoms with van der Waals surface area (Å²) in [6, 6.07) is 7.47. The third-order valence-electron chi connectivity index (χ3n) is 3.90. The molecule has 0 fully saturated rings. The summed E-state index contributed by atoms with van der Waals surface area (Å²) >= 11 is 7.41. The normalized spacial score (nSPS) is 11.2. The van der Waals surface area contributed by atoms with Crippen LogP contribution in [-0.2, 0) is 13.0 Å². The van der Waals surface area contributed by atoms with Crippen molar-refractivity contribution in [3.63, 3.8) is 0 Å². The van der Waals surface area contributed by atoms with Crippen LogP contribution in [0.25, 0.3) is 10.6 Å². The first kappa shape index (κ1) is 17.7. The first-order valence-corrected chi connectivity index (χ1v) is 9.31. The summed E-state index contributed by atoms with van der Waals surface area (Å²) in [6.07, 6.45) is 4.47. The van der Waals surface area contributed by atoms with E-state index in [0.29, 0.717) is 23.2 Å². The van der Waals surface area contributed by atoms with E-state index in [1.54, 1.807) is 10.8 Å². The molecule has 0 unspecified atom stereocenters. The van der Waals surface area contributed by atoms with Crippen molar-refractivity contribution in [2.45, 2.75) is 26.8 Å². The summed E-state index contributed by atoms with van der Waals surface area (Å²) in [6.45, 7) is 4.74. The monoisotopic (exact) mass is 374 g/mol. The van der Waals surface area contributed by atoms with E-state index in [9.17, 15) is 9.90 Å². The summed E-state index contributed by atoms with van der Waals surface area (Å²) in [5.74, 6) is -0.513. The molecule has 4 nitrogen and oxygen atoms in total. The number of rotatable bonds is 6. The fourth-order valence-corrected chi connectivity index (χ4v) is 3.78. The van der Waals surface area contributed by atoms with Crippen LogP contribution in [0.3, 0.4) is 0 Å². The van der Waals surface area contributed by atoms with E-state index in [2.05, 4.69) is 18.8 Å². The third kappa shape index (κ3) is 3.94. The van der Waals surface area contributed by atoms with Gasteiger partial charge in [-0.3, -0.25) is 0 Å². The van der Waals surface area contributed by atoms with Gasteiger partial charge >= 0.3 is 5.97 Å². The maximum absolute atomic E-state index is 12.0. The van der Waals surface area contributed by atoms with Crippen LogP contribution in [0, 0.1) is 5.92 Å². The van der Waals surface area contributed by atoms with Gasteiger partial charge in [-0.25, -0.2) is 9.78 Å². The molecule has 6 heteroatoms. The maximum atomic E-state index is 12.0. The second-order valence-corrected chi connectivity index (χ2v) is 7.70. The zero-order valence-electron chi connectivity index (χ0n) is 14.1. The molecular weight excluding hydrogens is 356 g/mol. The van der Waals surface area contributed by atoms with Crippen LogP contribution in [0.4, 0.5) is 0 Å². The Morgan fingerprint density at radius 1 is 1.32 bits per heavy atom. The number of carboxylic acids is 1. The zero-order valence-corrected chi connectivity index (χ0v) is 15.6. The van der Waals surface area contributed by atoms with Gasteiger partial charge in [0.15, 0.2) is 0 Å². The van der Waals surface area contributed by atoms with Gasteiger partial charge in [-0.1, -0.05) is 37.6 Å². The fraction of sp³-hybridized carbons (Fsp3) is 0.263. The minimum atomic E-state index is -0.936. The molecule has 0 aliphatic heterocycles. The maximum Gasteiger partial charge on any atom is 0.353 e. The van der Waals surface area contributed by atoms with Crippen LogP contribution in [0.15, 0.2) is 42.0 Å². The molecule has 0 saturated carbocycles. The average Bonchev–Trinajstić information content (AvgIpc) is 3.16. The molecule has 2 heterocycles. The summed E-state index contributed by atoms with van der Waals surface area (Å²) < 4.78 is 1.81. The summed E-state index contributed by atoms with van der Waals surface area (Å²) in [5, 5.41) is 13.1. The number of halogens is 1. The molecule has 0 radical (unpaired) electrons. The second-order valence-electron chi connectivity index (χ2n) is 6.37. The average molecular weight is 375 g/mol. The molecule has 130 valence electrons. The molecule has 25 heavy (non-hydrogen) atoms. The number of thiazole rings is 1. The molecule has 1 aromatic carbocycles. The van der Waals surface area contributed by atoms with Crippen molar-refractivity contribution in [2.75, 3.05) is 0 Å². The molecule has 1 N–H and O–H groups in total. The van der Waals surface area contributed by atoms with Gasteiger partial charge in [0.2, 0.25) is 0 Å². The molecule has 0 aliphatic rings. The number of carbonyl (C=O) groups is 1. The summed E-state index contributed by atoms with van der Waals surface area (Å²) in [4.78, 5) is 16.4. The van der Waals surface area contributed by atoms with Crippen molar-refractivity contribution in [2.24, 2.45) is 5.92 Å². The molecule has 0 amide bonds. The standard InChI is InChI=1S/C19H19ClN2O2S/c1-12(2)9-14-11-22(10-13-3-5-15(20)6-4-13)17(19(23)24)16(14)18-21-7-8-25-18/h3-8,11-12H,9-10H2,1-2H3,(H,23,24). The Hall–Kier alpha value is -2.11. The minimum absolute atomic E-state index is 0.292. The SMILES string of the molecule is CC(C)Cc1cn(Cc2ccc(Cl)cc2)c(C(=O)O)c1-c1nccs1. The van der Waals surface area contributed by atoms with Gasteiger partial charge in [-0.2, -0.15) is 0 Å². The minimum Gasteiger partial charge on any atom is -0.477 e. The van der Waals surface area contributed by atoms with Crippen LogP contribution < -0.4 is 0 Å².